The Balaban J connectivity index is 2.32. The summed E-state index contributed by atoms with van der Waals surface area (Å²) in [5, 5.41) is 34.1. The van der Waals surface area contributed by atoms with Gasteiger partial charge in [0.15, 0.2) is 0 Å². The van der Waals surface area contributed by atoms with E-state index in [1.807, 2.05) is 0 Å². The Kier molecular flexibility index (Phi) is 4.77. The lowest BCUT2D eigenvalue weighted by Gasteiger charge is -2.15. The van der Waals surface area contributed by atoms with Gasteiger partial charge in [-0.3, -0.25) is 0 Å². The monoisotopic (exact) mass is 204 g/mol. The van der Waals surface area contributed by atoms with Crippen LogP contribution in [0.4, 0.5) is 0 Å². The molecule has 5 nitrogen and oxygen atoms in total. The summed E-state index contributed by atoms with van der Waals surface area (Å²) in [7, 11) is 0. The molecule has 4 atom stereocenters. The van der Waals surface area contributed by atoms with Gasteiger partial charge in [-0.05, 0) is 13.0 Å². The van der Waals surface area contributed by atoms with Gasteiger partial charge in [0, 0.05) is 12.6 Å². The summed E-state index contributed by atoms with van der Waals surface area (Å²) in [6, 6.07) is -0.577. The highest BCUT2D eigenvalue weighted by Gasteiger charge is 2.39. The maximum atomic E-state index is 9.59. The number of aliphatic hydroxyl groups is 3. The van der Waals surface area contributed by atoms with Crippen molar-refractivity contribution in [2.45, 2.75) is 37.6 Å². The highest BCUT2D eigenvalue weighted by molar-refractivity contribution is 4.98. The van der Waals surface area contributed by atoms with Crippen LogP contribution >= 0.6 is 0 Å². The van der Waals surface area contributed by atoms with Gasteiger partial charge in [0.25, 0.3) is 0 Å². The number of nitrogens with one attached hydrogen (secondary N) is 2. The molecule has 1 aliphatic rings. The molecule has 0 aromatic heterocycles. The Labute approximate surface area is 84.1 Å². The van der Waals surface area contributed by atoms with Crippen molar-refractivity contribution in [3.8, 4) is 0 Å². The Morgan fingerprint density at radius 1 is 1.21 bits per heavy atom. The Bertz CT molecular complexity index is 168. The third kappa shape index (κ3) is 2.65. The molecule has 14 heavy (non-hydrogen) atoms. The van der Waals surface area contributed by atoms with Crippen LogP contribution in [0.1, 0.15) is 13.3 Å². The summed E-state index contributed by atoms with van der Waals surface area (Å²) < 4.78 is 0. The fraction of sp³-hybridized carbons (Fsp3) is 1.00. The Morgan fingerprint density at radius 2 is 1.86 bits per heavy atom. The van der Waals surface area contributed by atoms with Gasteiger partial charge in [-0.15, -0.1) is 0 Å². The van der Waals surface area contributed by atoms with E-state index in [0.29, 0.717) is 6.54 Å². The quantitative estimate of drug-likeness (QED) is 0.336. The summed E-state index contributed by atoms with van der Waals surface area (Å²) in [6.07, 6.45) is -0.626. The second-order valence-corrected chi connectivity index (χ2v) is 3.75. The molecule has 1 saturated heterocycles. The zero-order valence-corrected chi connectivity index (χ0v) is 8.48. The molecule has 84 valence electrons. The van der Waals surface area contributed by atoms with Crippen molar-refractivity contribution >= 4 is 0 Å². The Hall–Kier alpha value is -0.200. The van der Waals surface area contributed by atoms with Gasteiger partial charge in [-0.25, -0.2) is 0 Å². The highest BCUT2D eigenvalue weighted by atomic mass is 16.3. The van der Waals surface area contributed by atoms with Crippen molar-refractivity contribution in [2.75, 3.05) is 19.7 Å². The minimum atomic E-state index is -0.867. The molecule has 1 fully saturated rings. The van der Waals surface area contributed by atoms with Crippen molar-refractivity contribution in [3.05, 3.63) is 0 Å². The summed E-state index contributed by atoms with van der Waals surface area (Å²) in [4.78, 5) is 0. The minimum Gasteiger partial charge on any atom is -0.395 e. The first kappa shape index (κ1) is 11.9. The number of rotatable bonds is 5. The SMILES string of the molecule is CCCNC[C@@H]1N[C@@H](CO)[C@@H](O)[C@@H]1O. The molecule has 0 amide bonds. The second kappa shape index (κ2) is 5.63. The maximum absolute atomic E-state index is 9.59. The van der Waals surface area contributed by atoms with Crippen LogP contribution < -0.4 is 10.6 Å². The molecule has 0 saturated carbocycles. The molecule has 1 rings (SSSR count). The Morgan fingerprint density at radius 3 is 2.36 bits per heavy atom. The average Bonchev–Trinajstić information content (AvgIpc) is 2.46. The van der Waals surface area contributed by atoms with E-state index in [1.165, 1.54) is 0 Å². The van der Waals surface area contributed by atoms with Crippen LogP contribution in [-0.4, -0.2) is 59.3 Å². The van der Waals surface area contributed by atoms with Crippen LogP contribution in [-0.2, 0) is 0 Å². The van der Waals surface area contributed by atoms with E-state index in [9.17, 15) is 10.2 Å². The predicted octanol–water partition coefficient (Wildman–Crippen LogP) is -1.96. The van der Waals surface area contributed by atoms with Crippen LogP contribution in [0.25, 0.3) is 0 Å². The minimum absolute atomic E-state index is 0.150. The molecule has 0 aliphatic carbocycles. The van der Waals surface area contributed by atoms with Crippen LogP contribution in [0.5, 0.6) is 0 Å². The van der Waals surface area contributed by atoms with Crippen LogP contribution in [0.3, 0.4) is 0 Å². The van der Waals surface area contributed by atoms with Gasteiger partial charge in [0.1, 0.15) is 0 Å². The van der Waals surface area contributed by atoms with E-state index < -0.39 is 18.2 Å². The van der Waals surface area contributed by atoms with E-state index in [1.54, 1.807) is 0 Å². The summed E-state index contributed by atoms with van der Waals surface area (Å²) >= 11 is 0. The van der Waals surface area contributed by atoms with Gasteiger partial charge in [0.05, 0.1) is 24.9 Å². The first-order valence-corrected chi connectivity index (χ1v) is 5.14. The van der Waals surface area contributed by atoms with Gasteiger partial charge in [0.2, 0.25) is 0 Å². The number of hydrogen-bond donors (Lipinski definition) is 5. The lowest BCUT2D eigenvalue weighted by molar-refractivity contribution is 0.0197. The number of hydrogen-bond acceptors (Lipinski definition) is 5. The topological polar surface area (TPSA) is 84.8 Å². The van der Waals surface area contributed by atoms with Gasteiger partial charge >= 0.3 is 0 Å². The van der Waals surface area contributed by atoms with Crippen molar-refractivity contribution in [1.29, 1.82) is 0 Å². The lowest BCUT2D eigenvalue weighted by Crippen LogP contribution is -2.42. The zero-order valence-electron chi connectivity index (χ0n) is 8.48. The van der Waals surface area contributed by atoms with Gasteiger partial charge in [-0.2, -0.15) is 0 Å². The molecular weight excluding hydrogens is 184 g/mol. The van der Waals surface area contributed by atoms with E-state index in [0.717, 1.165) is 13.0 Å². The van der Waals surface area contributed by atoms with Crippen molar-refractivity contribution in [3.63, 3.8) is 0 Å². The molecule has 0 aromatic carbocycles. The fourth-order valence-electron chi connectivity index (χ4n) is 1.72. The normalized spacial score (nSPS) is 37.7. The molecule has 0 spiro atoms. The molecule has 1 aliphatic heterocycles. The van der Waals surface area contributed by atoms with E-state index in [2.05, 4.69) is 17.6 Å². The van der Waals surface area contributed by atoms with Crippen LogP contribution in [0, 0.1) is 0 Å². The van der Waals surface area contributed by atoms with Crippen LogP contribution in [0.15, 0.2) is 0 Å². The van der Waals surface area contributed by atoms with Crippen LogP contribution in [0.2, 0.25) is 0 Å². The largest absolute Gasteiger partial charge is 0.395 e. The zero-order chi connectivity index (χ0) is 10.6. The third-order valence-electron chi connectivity index (χ3n) is 2.59. The lowest BCUT2D eigenvalue weighted by atomic mass is 10.1. The highest BCUT2D eigenvalue weighted by Crippen LogP contribution is 2.13. The summed E-state index contributed by atoms with van der Waals surface area (Å²) in [6.45, 7) is 3.42. The van der Waals surface area contributed by atoms with E-state index in [4.69, 9.17) is 5.11 Å². The molecule has 5 N–H and O–H groups in total. The van der Waals surface area contributed by atoms with E-state index in [-0.39, 0.29) is 12.6 Å². The predicted molar refractivity (Wildman–Crippen MR) is 53.0 cm³/mol. The van der Waals surface area contributed by atoms with Crippen molar-refractivity contribution < 1.29 is 15.3 Å². The maximum Gasteiger partial charge on any atom is 0.0989 e. The first-order valence-electron chi connectivity index (χ1n) is 5.14. The average molecular weight is 204 g/mol. The summed E-state index contributed by atoms with van der Waals surface area (Å²) in [5.74, 6) is 0. The molecule has 1 heterocycles. The standard InChI is InChI=1S/C9H20N2O3/c1-2-3-10-4-6-8(13)9(14)7(5-12)11-6/h6-14H,2-5H2,1H3/t6-,7-,8+,9+/m0/s1. The molecular formula is C9H20N2O3. The molecule has 0 aromatic rings. The molecule has 0 radical (unpaired) electrons. The van der Waals surface area contributed by atoms with Gasteiger partial charge in [-0.1, -0.05) is 6.92 Å². The van der Waals surface area contributed by atoms with E-state index >= 15 is 0 Å². The van der Waals surface area contributed by atoms with Gasteiger partial charge < -0.3 is 26.0 Å². The fourth-order valence-corrected chi connectivity index (χ4v) is 1.72. The van der Waals surface area contributed by atoms with Crippen molar-refractivity contribution in [1.82, 2.24) is 10.6 Å². The van der Waals surface area contributed by atoms with Crippen molar-refractivity contribution in [2.24, 2.45) is 0 Å². The smallest absolute Gasteiger partial charge is 0.0989 e. The second-order valence-electron chi connectivity index (χ2n) is 3.75. The number of aliphatic hydroxyl groups excluding tert-OH is 3. The summed E-state index contributed by atoms with van der Waals surface area (Å²) in [5.41, 5.74) is 0. The molecule has 5 heteroatoms. The molecule has 0 bridgehead atoms. The third-order valence-corrected chi connectivity index (χ3v) is 2.59. The molecule has 0 unspecified atom stereocenters. The first-order chi connectivity index (χ1) is 6.70.